The van der Waals surface area contributed by atoms with Gasteiger partial charge in [-0.3, -0.25) is 14.4 Å². The molecule has 0 aromatic heterocycles. The van der Waals surface area contributed by atoms with E-state index in [4.69, 9.17) is 9.47 Å². The molecule has 0 aliphatic rings. The summed E-state index contributed by atoms with van der Waals surface area (Å²) in [6.07, 6.45) is 0. The third-order valence-corrected chi connectivity index (χ3v) is 3.35. The van der Waals surface area contributed by atoms with Crippen molar-refractivity contribution in [2.45, 2.75) is 34.6 Å². The van der Waals surface area contributed by atoms with Crippen LogP contribution in [-0.2, 0) is 9.59 Å². The van der Waals surface area contributed by atoms with Crippen LogP contribution in [0.5, 0.6) is 11.5 Å². The monoisotopic (exact) mass is 314 g/mol. The zero-order valence-electron chi connectivity index (χ0n) is 13.8. The molecule has 2 aromatic rings. The van der Waals surface area contributed by atoms with Gasteiger partial charge < -0.3 is 9.47 Å². The Bertz CT molecular complexity index is 833. The first-order valence-electron chi connectivity index (χ1n) is 7.16. The molecule has 2 rings (SSSR count). The van der Waals surface area contributed by atoms with Crippen LogP contribution in [0.4, 0.5) is 0 Å². The van der Waals surface area contributed by atoms with Gasteiger partial charge in [-0.25, -0.2) is 0 Å². The van der Waals surface area contributed by atoms with Crippen LogP contribution < -0.4 is 9.47 Å². The van der Waals surface area contributed by atoms with Crippen molar-refractivity contribution >= 4 is 28.5 Å². The van der Waals surface area contributed by atoms with Gasteiger partial charge in [-0.15, -0.1) is 0 Å². The molecule has 0 heterocycles. The minimum atomic E-state index is -0.547. The summed E-state index contributed by atoms with van der Waals surface area (Å²) in [6.45, 7) is 7.60. The van der Waals surface area contributed by atoms with Gasteiger partial charge in [0.2, 0.25) is 0 Å². The SMILES string of the molecule is CC(=O)Oc1cc(C)cc2cc(C)c(C(C)=O)c(OC(C)=O)c12. The molecule has 0 aliphatic heterocycles. The summed E-state index contributed by atoms with van der Waals surface area (Å²) < 4.78 is 10.6. The fourth-order valence-electron chi connectivity index (χ4n) is 2.67. The van der Waals surface area contributed by atoms with E-state index in [1.54, 1.807) is 13.0 Å². The van der Waals surface area contributed by atoms with Crippen molar-refractivity contribution < 1.29 is 23.9 Å². The van der Waals surface area contributed by atoms with Crippen LogP contribution in [0.3, 0.4) is 0 Å². The normalized spacial score (nSPS) is 10.5. The highest BCUT2D eigenvalue weighted by molar-refractivity contribution is 6.08. The summed E-state index contributed by atoms with van der Waals surface area (Å²) in [6, 6.07) is 5.38. The lowest BCUT2D eigenvalue weighted by atomic mass is 9.96. The minimum Gasteiger partial charge on any atom is -0.426 e. The Morgan fingerprint density at radius 1 is 0.870 bits per heavy atom. The molecule has 0 atom stereocenters. The van der Waals surface area contributed by atoms with Crippen LogP contribution in [0, 0.1) is 13.8 Å². The molecule has 5 heteroatoms. The molecule has 0 unspecified atom stereocenters. The Morgan fingerprint density at radius 2 is 1.48 bits per heavy atom. The molecule has 0 spiro atoms. The summed E-state index contributed by atoms with van der Waals surface area (Å²) in [4.78, 5) is 34.9. The highest BCUT2D eigenvalue weighted by Crippen LogP contribution is 2.40. The average Bonchev–Trinajstić information content (AvgIpc) is 2.34. The number of rotatable bonds is 3. The number of ether oxygens (including phenoxy) is 2. The van der Waals surface area contributed by atoms with Gasteiger partial charge in [0.1, 0.15) is 5.75 Å². The molecular weight excluding hydrogens is 296 g/mol. The van der Waals surface area contributed by atoms with Crippen LogP contribution in [-0.4, -0.2) is 17.7 Å². The molecule has 0 amide bonds. The molecule has 0 saturated carbocycles. The molecule has 0 radical (unpaired) electrons. The van der Waals surface area contributed by atoms with Gasteiger partial charge in [-0.2, -0.15) is 0 Å². The minimum absolute atomic E-state index is 0.135. The van der Waals surface area contributed by atoms with Gasteiger partial charge in [0.25, 0.3) is 0 Å². The van der Waals surface area contributed by atoms with E-state index in [1.807, 2.05) is 19.1 Å². The van der Waals surface area contributed by atoms with Crippen LogP contribution in [0.2, 0.25) is 0 Å². The van der Waals surface area contributed by atoms with Gasteiger partial charge in [0, 0.05) is 13.8 Å². The summed E-state index contributed by atoms with van der Waals surface area (Å²) in [5.74, 6) is -0.859. The van der Waals surface area contributed by atoms with Crippen LogP contribution in [0.1, 0.15) is 42.3 Å². The van der Waals surface area contributed by atoms with Gasteiger partial charge in [0.05, 0.1) is 10.9 Å². The molecule has 5 nitrogen and oxygen atoms in total. The lowest BCUT2D eigenvalue weighted by molar-refractivity contribution is -0.132. The first-order chi connectivity index (χ1) is 10.7. The van der Waals surface area contributed by atoms with E-state index in [-0.39, 0.29) is 17.3 Å². The van der Waals surface area contributed by atoms with Crippen molar-refractivity contribution in [2.75, 3.05) is 0 Å². The Morgan fingerprint density at radius 3 is 2.00 bits per heavy atom. The number of carbonyl (C=O) groups excluding carboxylic acids is 3. The third kappa shape index (κ3) is 3.39. The molecule has 120 valence electrons. The highest BCUT2D eigenvalue weighted by atomic mass is 16.5. The Hall–Kier alpha value is -2.69. The quantitative estimate of drug-likeness (QED) is 0.492. The second-order valence-electron chi connectivity index (χ2n) is 5.50. The van der Waals surface area contributed by atoms with E-state index in [0.717, 1.165) is 10.9 Å². The largest absolute Gasteiger partial charge is 0.426 e. The van der Waals surface area contributed by atoms with Crippen molar-refractivity contribution in [1.29, 1.82) is 0 Å². The molecule has 0 bridgehead atoms. The number of fused-ring (bicyclic) bond motifs is 1. The van der Waals surface area contributed by atoms with E-state index >= 15 is 0 Å². The van der Waals surface area contributed by atoms with Crippen LogP contribution in [0.15, 0.2) is 18.2 Å². The van der Waals surface area contributed by atoms with E-state index in [0.29, 0.717) is 16.5 Å². The zero-order chi connectivity index (χ0) is 17.3. The predicted molar refractivity (Wildman–Crippen MR) is 86.0 cm³/mol. The second-order valence-corrected chi connectivity index (χ2v) is 5.50. The molecule has 0 N–H and O–H groups in total. The highest BCUT2D eigenvalue weighted by Gasteiger charge is 2.21. The molecule has 0 aliphatic carbocycles. The standard InChI is InChI=1S/C18H18O5/c1-9-6-14-8-10(2)16(11(3)19)18(23-13(5)21)17(14)15(7-9)22-12(4)20/h6-8H,1-5H3. The molecule has 23 heavy (non-hydrogen) atoms. The summed E-state index contributed by atoms with van der Waals surface area (Å²) in [7, 11) is 0. The van der Waals surface area contributed by atoms with E-state index < -0.39 is 11.9 Å². The lowest BCUT2D eigenvalue weighted by Crippen LogP contribution is -2.10. The van der Waals surface area contributed by atoms with Gasteiger partial charge in [-0.1, -0.05) is 12.1 Å². The lowest BCUT2D eigenvalue weighted by Gasteiger charge is -2.16. The third-order valence-electron chi connectivity index (χ3n) is 3.35. The summed E-state index contributed by atoms with van der Waals surface area (Å²) in [5.41, 5.74) is 1.89. The van der Waals surface area contributed by atoms with E-state index in [9.17, 15) is 14.4 Å². The maximum atomic E-state index is 12.0. The van der Waals surface area contributed by atoms with Crippen molar-refractivity contribution in [3.8, 4) is 11.5 Å². The molecule has 0 saturated heterocycles. The van der Waals surface area contributed by atoms with E-state index in [2.05, 4.69) is 0 Å². The number of ketones is 1. The summed E-state index contributed by atoms with van der Waals surface area (Å²) >= 11 is 0. The Balaban J connectivity index is 2.96. The fourth-order valence-corrected chi connectivity index (χ4v) is 2.67. The second kappa shape index (κ2) is 6.20. The molecule has 0 fully saturated rings. The van der Waals surface area contributed by atoms with Gasteiger partial charge in [0.15, 0.2) is 11.5 Å². The number of hydrogen-bond donors (Lipinski definition) is 0. The maximum absolute atomic E-state index is 12.0. The predicted octanol–water partition coefficient (Wildman–Crippen LogP) is 3.51. The number of aryl methyl sites for hydroxylation is 2. The van der Waals surface area contributed by atoms with Crippen molar-refractivity contribution in [3.63, 3.8) is 0 Å². The van der Waals surface area contributed by atoms with Crippen molar-refractivity contribution in [3.05, 3.63) is 34.9 Å². The van der Waals surface area contributed by atoms with Crippen LogP contribution in [0.25, 0.3) is 10.8 Å². The first-order valence-corrected chi connectivity index (χ1v) is 7.16. The molecule has 2 aromatic carbocycles. The smallest absolute Gasteiger partial charge is 0.308 e. The molecular formula is C18H18O5. The number of benzene rings is 2. The number of Topliss-reactive ketones (excluding diaryl/α,β-unsaturated/α-hetero) is 1. The Kier molecular flexibility index (Phi) is 4.50. The average molecular weight is 314 g/mol. The summed E-state index contributed by atoms with van der Waals surface area (Å²) in [5, 5.41) is 1.18. The van der Waals surface area contributed by atoms with Gasteiger partial charge in [-0.05, 0) is 43.4 Å². The van der Waals surface area contributed by atoms with Crippen molar-refractivity contribution in [1.82, 2.24) is 0 Å². The van der Waals surface area contributed by atoms with Crippen LogP contribution >= 0.6 is 0 Å². The zero-order valence-corrected chi connectivity index (χ0v) is 13.8. The van der Waals surface area contributed by atoms with Crippen molar-refractivity contribution in [2.24, 2.45) is 0 Å². The number of hydrogen-bond acceptors (Lipinski definition) is 5. The Labute approximate surface area is 134 Å². The van der Waals surface area contributed by atoms with E-state index in [1.165, 1.54) is 20.8 Å². The number of esters is 2. The van der Waals surface area contributed by atoms with Gasteiger partial charge >= 0.3 is 11.9 Å². The first kappa shape index (κ1) is 16.7. The fraction of sp³-hybridized carbons (Fsp3) is 0.278. The number of carbonyl (C=O) groups is 3. The maximum Gasteiger partial charge on any atom is 0.308 e. The topological polar surface area (TPSA) is 69.7 Å².